The Kier molecular flexibility index (Phi) is 4.12. The largest absolute Gasteiger partial charge is 0.197 e. The molecule has 0 bridgehead atoms. The summed E-state index contributed by atoms with van der Waals surface area (Å²) in [6.45, 7) is 2.13. The molecular weight excluding hydrogens is 226 g/mol. The van der Waals surface area contributed by atoms with Gasteiger partial charge in [0.2, 0.25) is 0 Å². The van der Waals surface area contributed by atoms with Crippen LogP contribution in [0.15, 0.2) is 29.2 Å². The van der Waals surface area contributed by atoms with Crippen molar-refractivity contribution in [2.24, 2.45) is 0 Å². The van der Waals surface area contributed by atoms with E-state index in [0.29, 0.717) is 0 Å². The van der Waals surface area contributed by atoms with Crippen LogP contribution in [0.5, 0.6) is 0 Å². The SMILES string of the molecule is Cc1ccccc1SC1(C#N)CCCCCC1. The van der Waals surface area contributed by atoms with E-state index < -0.39 is 0 Å². The van der Waals surface area contributed by atoms with Crippen LogP contribution in [0.1, 0.15) is 44.1 Å². The van der Waals surface area contributed by atoms with Crippen LogP contribution in [0, 0.1) is 18.3 Å². The fourth-order valence-corrected chi connectivity index (χ4v) is 3.75. The maximum absolute atomic E-state index is 9.55. The average molecular weight is 245 g/mol. The lowest BCUT2D eigenvalue weighted by molar-refractivity contribution is 0.618. The minimum atomic E-state index is -0.178. The summed E-state index contributed by atoms with van der Waals surface area (Å²) >= 11 is 1.79. The quantitative estimate of drug-likeness (QED) is 0.705. The van der Waals surface area contributed by atoms with E-state index in [1.54, 1.807) is 11.8 Å². The van der Waals surface area contributed by atoms with Gasteiger partial charge in [0.25, 0.3) is 0 Å². The Balaban J connectivity index is 2.19. The van der Waals surface area contributed by atoms with Crippen LogP contribution in [-0.4, -0.2) is 4.75 Å². The van der Waals surface area contributed by atoms with Gasteiger partial charge in [0.15, 0.2) is 0 Å². The summed E-state index contributed by atoms with van der Waals surface area (Å²) in [5.41, 5.74) is 1.29. The van der Waals surface area contributed by atoms with E-state index in [1.807, 2.05) is 0 Å². The fourth-order valence-electron chi connectivity index (χ4n) is 2.42. The van der Waals surface area contributed by atoms with Gasteiger partial charge >= 0.3 is 0 Å². The molecule has 1 aromatic rings. The number of hydrogen-bond acceptors (Lipinski definition) is 2. The van der Waals surface area contributed by atoms with Crippen molar-refractivity contribution in [1.29, 1.82) is 5.26 Å². The third kappa shape index (κ3) is 3.04. The van der Waals surface area contributed by atoms with Gasteiger partial charge in [-0.15, -0.1) is 11.8 Å². The molecule has 1 nitrogen and oxygen atoms in total. The lowest BCUT2D eigenvalue weighted by atomic mass is 10.0. The highest BCUT2D eigenvalue weighted by atomic mass is 32.2. The number of rotatable bonds is 2. The predicted molar refractivity (Wildman–Crippen MR) is 73.1 cm³/mol. The van der Waals surface area contributed by atoms with Crippen molar-refractivity contribution in [2.45, 2.75) is 55.1 Å². The number of benzene rings is 1. The Bertz CT molecular complexity index is 411. The van der Waals surface area contributed by atoms with Gasteiger partial charge in [-0.25, -0.2) is 0 Å². The summed E-state index contributed by atoms with van der Waals surface area (Å²) in [5, 5.41) is 9.55. The molecule has 1 fully saturated rings. The van der Waals surface area contributed by atoms with Crippen molar-refractivity contribution in [2.75, 3.05) is 0 Å². The highest BCUT2D eigenvalue weighted by Crippen LogP contribution is 2.43. The van der Waals surface area contributed by atoms with Crippen LogP contribution in [0.3, 0.4) is 0 Å². The molecule has 2 rings (SSSR count). The molecule has 0 amide bonds. The standard InChI is InChI=1S/C15H19NS/c1-13-8-4-5-9-14(13)17-15(12-16)10-6-2-3-7-11-15/h4-5,8-9H,2-3,6-7,10-11H2,1H3. The van der Waals surface area contributed by atoms with E-state index in [0.717, 1.165) is 12.8 Å². The molecule has 2 heteroatoms. The van der Waals surface area contributed by atoms with Crippen LogP contribution < -0.4 is 0 Å². The second-order valence-corrected chi connectivity index (χ2v) is 6.31. The Morgan fingerprint density at radius 2 is 1.76 bits per heavy atom. The van der Waals surface area contributed by atoms with E-state index in [1.165, 1.54) is 36.1 Å². The molecule has 90 valence electrons. The van der Waals surface area contributed by atoms with E-state index in [-0.39, 0.29) is 4.75 Å². The summed E-state index contributed by atoms with van der Waals surface area (Å²) in [4.78, 5) is 1.27. The monoisotopic (exact) mass is 245 g/mol. The molecule has 0 spiro atoms. The summed E-state index contributed by atoms with van der Waals surface area (Å²) in [7, 11) is 0. The number of nitrogens with zero attached hydrogens (tertiary/aromatic N) is 1. The van der Waals surface area contributed by atoms with Crippen molar-refractivity contribution in [3.63, 3.8) is 0 Å². The Hall–Kier alpha value is -0.940. The molecule has 1 saturated carbocycles. The Labute approximate surface area is 108 Å². The molecule has 1 aliphatic carbocycles. The third-order valence-corrected chi connectivity index (χ3v) is 5.08. The molecule has 0 atom stereocenters. The molecular formula is C15H19NS. The van der Waals surface area contributed by atoms with Gasteiger partial charge in [-0.1, -0.05) is 43.9 Å². The van der Waals surface area contributed by atoms with Crippen molar-refractivity contribution < 1.29 is 0 Å². The van der Waals surface area contributed by atoms with E-state index in [4.69, 9.17) is 0 Å². The topological polar surface area (TPSA) is 23.8 Å². The second-order valence-electron chi connectivity index (χ2n) is 4.89. The first-order valence-electron chi connectivity index (χ1n) is 6.42. The van der Waals surface area contributed by atoms with Crippen LogP contribution in [-0.2, 0) is 0 Å². The lowest BCUT2D eigenvalue weighted by Crippen LogP contribution is -2.21. The Morgan fingerprint density at radius 3 is 2.35 bits per heavy atom. The summed E-state index contributed by atoms with van der Waals surface area (Å²) in [6.07, 6.45) is 7.07. The molecule has 1 aromatic carbocycles. The van der Waals surface area contributed by atoms with Crippen molar-refractivity contribution >= 4 is 11.8 Å². The van der Waals surface area contributed by atoms with Crippen molar-refractivity contribution in [3.05, 3.63) is 29.8 Å². The van der Waals surface area contributed by atoms with E-state index in [2.05, 4.69) is 37.3 Å². The van der Waals surface area contributed by atoms with Gasteiger partial charge in [-0.05, 0) is 31.4 Å². The van der Waals surface area contributed by atoms with Gasteiger partial charge in [-0.3, -0.25) is 0 Å². The van der Waals surface area contributed by atoms with Crippen LogP contribution in [0.2, 0.25) is 0 Å². The van der Waals surface area contributed by atoms with Crippen molar-refractivity contribution in [3.8, 4) is 6.07 Å². The molecule has 1 aliphatic rings. The summed E-state index contributed by atoms with van der Waals surface area (Å²) < 4.78 is -0.178. The van der Waals surface area contributed by atoms with Gasteiger partial charge in [-0.2, -0.15) is 5.26 Å². The second kappa shape index (κ2) is 5.60. The van der Waals surface area contributed by atoms with E-state index >= 15 is 0 Å². The zero-order valence-electron chi connectivity index (χ0n) is 10.4. The molecule has 0 radical (unpaired) electrons. The Morgan fingerprint density at radius 1 is 1.12 bits per heavy atom. The highest BCUT2D eigenvalue weighted by molar-refractivity contribution is 8.01. The first-order chi connectivity index (χ1) is 8.26. The number of nitriles is 1. The van der Waals surface area contributed by atoms with Crippen LogP contribution in [0.25, 0.3) is 0 Å². The smallest absolute Gasteiger partial charge is 0.107 e. The molecule has 0 N–H and O–H groups in total. The molecule has 0 aromatic heterocycles. The van der Waals surface area contributed by atoms with Crippen molar-refractivity contribution in [1.82, 2.24) is 0 Å². The third-order valence-electron chi connectivity index (χ3n) is 3.51. The highest BCUT2D eigenvalue weighted by Gasteiger charge is 2.32. The summed E-state index contributed by atoms with van der Waals surface area (Å²) in [5.74, 6) is 0. The molecule has 0 heterocycles. The first-order valence-corrected chi connectivity index (χ1v) is 7.23. The zero-order chi connectivity index (χ0) is 12.1. The number of aryl methyl sites for hydroxylation is 1. The van der Waals surface area contributed by atoms with Gasteiger partial charge < -0.3 is 0 Å². The number of hydrogen-bond donors (Lipinski definition) is 0. The van der Waals surface area contributed by atoms with Crippen LogP contribution in [0.4, 0.5) is 0 Å². The van der Waals surface area contributed by atoms with Gasteiger partial charge in [0.1, 0.15) is 4.75 Å². The minimum Gasteiger partial charge on any atom is -0.197 e. The predicted octanol–water partition coefficient (Wildman–Crippen LogP) is 4.70. The van der Waals surface area contributed by atoms with Gasteiger partial charge in [0, 0.05) is 4.90 Å². The first kappa shape index (κ1) is 12.5. The summed E-state index contributed by atoms with van der Waals surface area (Å²) in [6, 6.07) is 11.0. The number of thioether (sulfide) groups is 1. The van der Waals surface area contributed by atoms with Crippen LogP contribution >= 0.6 is 11.8 Å². The zero-order valence-corrected chi connectivity index (χ0v) is 11.2. The normalized spacial score (nSPS) is 19.3. The fraction of sp³-hybridized carbons (Fsp3) is 0.533. The molecule has 17 heavy (non-hydrogen) atoms. The van der Waals surface area contributed by atoms with E-state index in [9.17, 15) is 5.26 Å². The lowest BCUT2D eigenvalue weighted by Gasteiger charge is -2.24. The molecule has 0 unspecified atom stereocenters. The molecule has 0 saturated heterocycles. The molecule has 0 aliphatic heterocycles. The maximum atomic E-state index is 9.55. The average Bonchev–Trinajstić information content (AvgIpc) is 2.58. The minimum absolute atomic E-state index is 0.178. The van der Waals surface area contributed by atoms with Gasteiger partial charge in [0.05, 0.1) is 6.07 Å². The maximum Gasteiger partial charge on any atom is 0.107 e.